The largest absolute Gasteiger partial charge is 0.503 e. The topological polar surface area (TPSA) is 53.7 Å². The van der Waals surface area contributed by atoms with Crippen LogP contribution in [0.15, 0.2) is 45.7 Å². The van der Waals surface area contributed by atoms with Gasteiger partial charge in [-0.25, -0.2) is 8.78 Å². The Kier molecular flexibility index (Phi) is 4.86. The first-order chi connectivity index (χ1) is 15.5. The van der Waals surface area contributed by atoms with E-state index in [0.717, 1.165) is 47.0 Å². The highest BCUT2D eigenvalue weighted by molar-refractivity contribution is 8.27. The third kappa shape index (κ3) is 3.51. The fraction of sp³-hybridized carbons (Fsp3) is 0.0476. The lowest BCUT2D eigenvalue weighted by atomic mass is 10.1. The number of nitrogens with zero attached hydrogens (tertiary/aromatic N) is 1. The molecule has 1 amide bonds. The number of alkyl halides is 3. The Bertz CT molecular complexity index is 1380. The van der Waals surface area contributed by atoms with Gasteiger partial charge in [0.1, 0.15) is 11.5 Å². The molecule has 33 heavy (non-hydrogen) atoms. The van der Waals surface area contributed by atoms with Crippen LogP contribution in [0, 0.1) is 11.6 Å². The molecule has 1 aromatic heterocycles. The van der Waals surface area contributed by atoms with Crippen molar-refractivity contribution < 1.29 is 36.3 Å². The second-order valence-corrected chi connectivity index (χ2v) is 9.07. The molecule has 0 saturated carbocycles. The van der Waals surface area contributed by atoms with Gasteiger partial charge in [0.2, 0.25) is 0 Å². The molecule has 0 atom stereocenters. The maximum Gasteiger partial charge on any atom is 0.416 e. The van der Waals surface area contributed by atoms with Crippen LogP contribution in [0.4, 0.5) is 27.6 Å². The standard InChI is InChI=1S/C21H7ClF5NO3S2/c22-11-2-1-7(21(25,26)27)3-9(11)14-6-10-15(17(10)31-14)18-19(30)28(20(32)33-18)8-4-12(23)16(29)13(24)5-8/h1-6,29H. The van der Waals surface area contributed by atoms with Crippen LogP contribution in [-0.4, -0.2) is 15.3 Å². The molecule has 2 aromatic carbocycles. The van der Waals surface area contributed by atoms with Gasteiger partial charge in [-0.1, -0.05) is 35.6 Å². The number of aromatic hydroxyl groups is 1. The minimum absolute atomic E-state index is 0.00305. The van der Waals surface area contributed by atoms with Crippen molar-refractivity contribution in [1.82, 2.24) is 0 Å². The van der Waals surface area contributed by atoms with E-state index in [1.807, 2.05) is 0 Å². The predicted molar refractivity (Wildman–Crippen MR) is 116 cm³/mol. The number of carbonyl (C=O) groups is 1. The normalized spacial score (nSPS) is 17.7. The minimum atomic E-state index is -4.56. The number of furan rings is 1. The van der Waals surface area contributed by atoms with E-state index >= 15 is 0 Å². The van der Waals surface area contributed by atoms with E-state index in [-0.39, 0.29) is 37.0 Å². The quantitative estimate of drug-likeness (QED) is 0.182. The molecule has 1 saturated heterocycles. The van der Waals surface area contributed by atoms with Crippen LogP contribution in [0.2, 0.25) is 5.02 Å². The molecule has 0 bridgehead atoms. The third-order valence-electron chi connectivity index (χ3n) is 4.98. The summed E-state index contributed by atoms with van der Waals surface area (Å²) in [5, 5.41) is 9.32. The van der Waals surface area contributed by atoms with Gasteiger partial charge >= 0.3 is 6.18 Å². The first-order valence-corrected chi connectivity index (χ1v) is 10.6. The van der Waals surface area contributed by atoms with Crippen LogP contribution >= 0.6 is 35.6 Å². The number of hydrogen-bond donors (Lipinski definition) is 1. The Hall–Kier alpha value is -2.89. The molecule has 12 heteroatoms. The number of halogens is 6. The Morgan fingerprint density at radius 3 is 2.30 bits per heavy atom. The molecular weight excluding hydrogens is 509 g/mol. The summed E-state index contributed by atoms with van der Waals surface area (Å²) in [4.78, 5) is 14.0. The number of carbonyl (C=O) groups excluding carboxylic acids is 1. The van der Waals surface area contributed by atoms with Crippen molar-refractivity contribution in [2.24, 2.45) is 0 Å². The average Bonchev–Trinajstić information content (AvgIpc) is 3.06. The summed E-state index contributed by atoms with van der Waals surface area (Å²) in [6.45, 7) is 0. The van der Waals surface area contributed by atoms with Gasteiger partial charge < -0.3 is 9.52 Å². The van der Waals surface area contributed by atoms with E-state index in [4.69, 9.17) is 28.2 Å². The Morgan fingerprint density at radius 2 is 1.73 bits per heavy atom. The molecule has 168 valence electrons. The first kappa shape index (κ1) is 21.9. The van der Waals surface area contributed by atoms with Gasteiger partial charge in [-0.15, -0.1) is 0 Å². The lowest BCUT2D eigenvalue weighted by Gasteiger charge is -2.15. The van der Waals surface area contributed by atoms with E-state index in [2.05, 4.69) is 0 Å². The van der Waals surface area contributed by atoms with Crippen LogP contribution < -0.4 is 4.90 Å². The lowest BCUT2D eigenvalue weighted by molar-refractivity contribution is -0.137. The van der Waals surface area contributed by atoms with Gasteiger partial charge in [-0.3, -0.25) is 9.69 Å². The molecule has 2 aliphatic rings. The summed E-state index contributed by atoms with van der Waals surface area (Å²) in [6, 6.07) is 5.84. The first-order valence-electron chi connectivity index (χ1n) is 8.97. The number of phenolic OH excluding ortho intramolecular Hbond substituents is 1. The van der Waals surface area contributed by atoms with Crippen molar-refractivity contribution in [3.8, 4) is 17.1 Å². The van der Waals surface area contributed by atoms with Crippen molar-refractivity contribution in [2.75, 3.05) is 4.90 Å². The molecule has 0 radical (unpaired) electrons. The summed E-state index contributed by atoms with van der Waals surface area (Å²) < 4.78 is 72.2. The van der Waals surface area contributed by atoms with Crippen molar-refractivity contribution >= 4 is 57.1 Å². The molecule has 1 aliphatic heterocycles. The zero-order valence-corrected chi connectivity index (χ0v) is 18.1. The molecule has 2 heterocycles. The lowest BCUT2D eigenvalue weighted by Crippen LogP contribution is -2.27. The Labute approximate surface area is 196 Å². The molecule has 0 spiro atoms. The van der Waals surface area contributed by atoms with Crippen LogP contribution in [0.5, 0.6) is 5.75 Å². The molecular formula is C21H7ClF5NO3S2. The van der Waals surface area contributed by atoms with Crippen LogP contribution in [0.3, 0.4) is 0 Å². The summed E-state index contributed by atoms with van der Waals surface area (Å²) in [5.41, 5.74) is -0.157. The smallest absolute Gasteiger partial charge is 0.416 e. The number of phenols is 1. The molecule has 5 rings (SSSR count). The molecule has 1 N–H and O–H groups in total. The van der Waals surface area contributed by atoms with E-state index in [9.17, 15) is 31.9 Å². The maximum absolute atomic E-state index is 13.7. The maximum atomic E-state index is 13.7. The highest BCUT2D eigenvalue weighted by atomic mass is 35.5. The number of fused-ring (bicyclic) bond motifs is 1. The van der Waals surface area contributed by atoms with Crippen molar-refractivity contribution in [2.45, 2.75) is 6.18 Å². The van der Waals surface area contributed by atoms with Gasteiger partial charge in [0.05, 0.1) is 21.2 Å². The zero-order chi connectivity index (χ0) is 23.8. The fourth-order valence-electron chi connectivity index (χ4n) is 3.37. The van der Waals surface area contributed by atoms with Gasteiger partial charge in [0, 0.05) is 28.8 Å². The summed E-state index contributed by atoms with van der Waals surface area (Å²) in [5.74, 6) is -3.97. The van der Waals surface area contributed by atoms with Crippen LogP contribution in [0.25, 0.3) is 16.9 Å². The molecule has 3 aromatic rings. The predicted octanol–water partition coefficient (Wildman–Crippen LogP) is 6.74. The highest BCUT2D eigenvalue weighted by Crippen LogP contribution is 2.54. The van der Waals surface area contributed by atoms with Gasteiger partial charge in [-0.2, -0.15) is 13.2 Å². The average molecular weight is 516 g/mol. The minimum Gasteiger partial charge on any atom is -0.503 e. The number of anilines is 1. The SMILES string of the molecule is O=C1C(=C2c3cc(-c4cc(C(F)(F)F)ccc4Cl)oc32)SC(=S)N1c1cc(F)c(O)c(F)c1. The number of hydrogen-bond acceptors (Lipinski definition) is 5. The summed E-state index contributed by atoms with van der Waals surface area (Å²) in [7, 11) is 0. The number of benzene rings is 2. The molecule has 1 fully saturated rings. The van der Waals surface area contributed by atoms with Crippen LogP contribution in [-0.2, 0) is 11.0 Å². The fourth-order valence-corrected chi connectivity index (χ4v) is 4.96. The second-order valence-electron chi connectivity index (χ2n) is 7.02. The van der Waals surface area contributed by atoms with Gasteiger partial charge in [0.15, 0.2) is 21.7 Å². The van der Waals surface area contributed by atoms with Crippen molar-refractivity contribution in [3.63, 3.8) is 0 Å². The van der Waals surface area contributed by atoms with E-state index < -0.39 is 35.0 Å². The zero-order valence-electron chi connectivity index (χ0n) is 15.8. The number of amides is 1. The molecule has 0 unspecified atom stereocenters. The Morgan fingerprint density at radius 1 is 1.06 bits per heavy atom. The third-order valence-corrected chi connectivity index (χ3v) is 6.68. The molecule has 4 nitrogen and oxygen atoms in total. The summed E-state index contributed by atoms with van der Waals surface area (Å²) >= 11 is 12.1. The van der Waals surface area contributed by atoms with Crippen molar-refractivity contribution in [3.05, 3.63) is 74.8 Å². The van der Waals surface area contributed by atoms with Gasteiger partial charge in [0.25, 0.3) is 5.91 Å². The molecule has 1 aliphatic carbocycles. The monoisotopic (exact) mass is 515 g/mol. The number of thiocarbonyl (C=S) groups is 1. The van der Waals surface area contributed by atoms with Gasteiger partial charge in [-0.05, 0) is 24.3 Å². The number of thioether (sulfide) groups is 1. The second kappa shape index (κ2) is 7.31. The Balaban J connectivity index is 1.47. The van der Waals surface area contributed by atoms with Crippen LogP contribution in [0.1, 0.15) is 16.9 Å². The summed E-state index contributed by atoms with van der Waals surface area (Å²) in [6.07, 6.45) is -4.56. The number of rotatable bonds is 2. The van der Waals surface area contributed by atoms with E-state index in [1.54, 1.807) is 0 Å². The van der Waals surface area contributed by atoms with E-state index in [1.165, 1.54) is 6.07 Å². The van der Waals surface area contributed by atoms with Crippen molar-refractivity contribution in [1.29, 1.82) is 0 Å². The highest BCUT2D eigenvalue weighted by Gasteiger charge is 2.44. The van der Waals surface area contributed by atoms with E-state index in [0.29, 0.717) is 11.1 Å².